The Kier molecular flexibility index (Phi) is 5.46. The van der Waals surface area contributed by atoms with Crippen LogP contribution in [0.15, 0.2) is 48.5 Å². The second-order valence-corrected chi connectivity index (χ2v) is 4.78. The maximum absolute atomic E-state index is 12.0. The third kappa shape index (κ3) is 4.68. The van der Waals surface area contributed by atoms with Crippen LogP contribution >= 0.6 is 11.6 Å². The number of carbonyl (C=O) groups excluding carboxylic acids is 1. The number of hydrogen-bond donors (Lipinski definition) is 2. The summed E-state index contributed by atoms with van der Waals surface area (Å²) in [5, 5.41) is 6.39. The van der Waals surface area contributed by atoms with E-state index < -0.39 is 0 Å². The molecule has 1 amide bonds. The molecular formula is C16H17ClN2O2. The summed E-state index contributed by atoms with van der Waals surface area (Å²) >= 11 is 5.95. The number of rotatable bonds is 6. The third-order valence-corrected chi connectivity index (χ3v) is 2.98. The van der Waals surface area contributed by atoms with E-state index in [-0.39, 0.29) is 12.5 Å². The lowest BCUT2D eigenvalue weighted by molar-refractivity contribution is -0.114. The van der Waals surface area contributed by atoms with Crippen LogP contribution in [0.3, 0.4) is 0 Å². The Morgan fingerprint density at radius 1 is 1.19 bits per heavy atom. The minimum absolute atomic E-state index is 0.165. The highest BCUT2D eigenvalue weighted by molar-refractivity contribution is 6.31. The van der Waals surface area contributed by atoms with Gasteiger partial charge in [-0.15, -0.1) is 0 Å². The summed E-state index contributed by atoms with van der Waals surface area (Å²) in [5.74, 6) is 0.442. The normalized spacial score (nSPS) is 10.0. The second-order valence-electron chi connectivity index (χ2n) is 4.34. The molecule has 110 valence electrons. The monoisotopic (exact) mass is 304 g/mol. The lowest BCUT2D eigenvalue weighted by Crippen LogP contribution is -2.22. The first-order valence-electron chi connectivity index (χ1n) is 6.70. The zero-order valence-corrected chi connectivity index (χ0v) is 12.5. The molecule has 0 atom stereocenters. The van der Waals surface area contributed by atoms with Crippen molar-refractivity contribution < 1.29 is 9.53 Å². The van der Waals surface area contributed by atoms with Gasteiger partial charge in [0.1, 0.15) is 5.75 Å². The van der Waals surface area contributed by atoms with Crippen molar-refractivity contribution in [2.75, 3.05) is 23.8 Å². The molecule has 2 aromatic carbocycles. The molecule has 5 heteroatoms. The molecule has 0 heterocycles. The number of amides is 1. The summed E-state index contributed by atoms with van der Waals surface area (Å²) in [6.07, 6.45) is 0. The number of anilines is 2. The van der Waals surface area contributed by atoms with Gasteiger partial charge < -0.3 is 15.4 Å². The van der Waals surface area contributed by atoms with Crippen molar-refractivity contribution in [2.24, 2.45) is 0 Å². The number of benzene rings is 2. The van der Waals surface area contributed by atoms with Crippen LogP contribution in [-0.4, -0.2) is 19.1 Å². The Labute approximate surface area is 129 Å². The molecule has 2 aromatic rings. The molecule has 4 nitrogen and oxygen atoms in total. The zero-order chi connectivity index (χ0) is 15.1. The van der Waals surface area contributed by atoms with Crippen molar-refractivity contribution in [3.8, 4) is 5.75 Å². The summed E-state index contributed by atoms with van der Waals surface area (Å²) in [7, 11) is 0. The average Bonchev–Trinajstić information content (AvgIpc) is 2.49. The highest BCUT2D eigenvalue weighted by Gasteiger charge is 2.08. The summed E-state index contributed by atoms with van der Waals surface area (Å²) in [5.41, 5.74) is 1.47. The number of nitrogens with one attached hydrogen (secondary N) is 2. The zero-order valence-electron chi connectivity index (χ0n) is 11.7. The van der Waals surface area contributed by atoms with E-state index in [0.29, 0.717) is 23.1 Å². The number of para-hydroxylation sites is 1. The molecule has 0 saturated carbocycles. The maximum atomic E-state index is 12.0. The fourth-order valence-corrected chi connectivity index (χ4v) is 1.99. The third-order valence-electron chi connectivity index (χ3n) is 2.74. The molecular weight excluding hydrogens is 288 g/mol. The van der Waals surface area contributed by atoms with Crippen LogP contribution < -0.4 is 15.4 Å². The lowest BCUT2D eigenvalue weighted by Gasteiger charge is -2.12. The molecule has 2 rings (SSSR count). The van der Waals surface area contributed by atoms with Gasteiger partial charge in [-0.2, -0.15) is 0 Å². The number of ether oxygens (including phenoxy) is 1. The first-order valence-corrected chi connectivity index (χ1v) is 7.08. The van der Waals surface area contributed by atoms with Crippen molar-refractivity contribution in [2.45, 2.75) is 6.92 Å². The Morgan fingerprint density at radius 2 is 1.95 bits per heavy atom. The van der Waals surface area contributed by atoms with Crippen LogP contribution in [0.1, 0.15) is 6.92 Å². The van der Waals surface area contributed by atoms with E-state index in [4.69, 9.17) is 16.3 Å². The van der Waals surface area contributed by atoms with Crippen molar-refractivity contribution in [3.63, 3.8) is 0 Å². The Bertz CT molecular complexity index is 602. The van der Waals surface area contributed by atoms with Gasteiger partial charge in [0.15, 0.2) is 0 Å². The number of carbonyl (C=O) groups is 1. The number of halogens is 1. The smallest absolute Gasteiger partial charge is 0.243 e. The van der Waals surface area contributed by atoms with E-state index in [2.05, 4.69) is 10.6 Å². The predicted octanol–water partition coefficient (Wildman–Crippen LogP) is 3.79. The highest BCUT2D eigenvalue weighted by Crippen LogP contribution is 2.27. The van der Waals surface area contributed by atoms with Gasteiger partial charge in [0.05, 0.1) is 18.8 Å². The van der Waals surface area contributed by atoms with Gasteiger partial charge in [-0.05, 0) is 37.3 Å². The van der Waals surface area contributed by atoms with E-state index in [0.717, 1.165) is 5.69 Å². The Morgan fingerprint density at radius 3 is 2.67 bits per heavy atom. The Balaban J connectivity index is 1.97. The van der Waals surface area contributed by atoms with E-state index >= 15 is 0 Å². The molecule has 0 aliphatic heterocycles. The molecule has 0 unspecified atom stereocenters. The summed E-state index contributed by atoms with van der Waals surface area (Å²) in [4.78, 5) is 12.0. The van der Waals surface area contributed by atoms with Crippen LogP contribution in [0.25, 0.3) is 0 Å². The van der Waals surface area contributed by atoms with Gasteiger partial charge in [-0.25, -0.2) is 0 Å². The van der Waals surface area contributed by atoms with Gasteiger partial charge >= 0.3 is 0 Å². The molecule has 0 aromatic heterocycles. The van der Waals surface area contributed by atoms with Crippen LogP contribution in [0.5, 0.6) is 5.75 Å². The molecule has 0 bridgehead atoms. The van der Waals surface area contributed by atoms with Crippen molar-refractivity contribution in [1.29, 1.82) is 0 Å². The average molecular weight is 305 g/mol. The predicted molar refractivity (Wildman–Crippen MR) is 86.2 cm³/mol. The topological polar surface area (TPSA) is 50.4 Å². The summed E-state index contributed by atoms with van der Waals surface area (Å²) in [6, 6.07) is 14.7. The molecule has 0 aliphatic rings. The van der Waals surface area contributed by atoms with Crippen molar-refractivity contribution in [1.82, 2.24) is 0 Å². The van der Waals surface area contributed by atoms with Crippen LogP contribution in [0, 0.1) is 0 Å². The first kappa shape index (κ1) is 15.2. The standard InChI is InChI=1S/C16H17ClN2O2/c1-2-21-15-9-8-12(17)10-14(15)19-16(20)11-18-13-6-4-3-5-7-13/h3-10,18H,2,11H2,1H3,(H,19,20). The highest BCUT2D eigenvalue weighted by atomic mass is 35.5. The van der Waals surface area contributed by atoms with Gasteiger partial charge in [-0.3, -0.25) is 4.79 Å². The SMILES string of the molecule is CCOc1ccc(Cl)cc1NC(=O)CNc1ccccc1. The molecule has 0 aliphatic carbocycles. The van der Waals surface area contributed by atoms with E-state index in [9.17, 15) is 4.79 Å². The largest absolute Gasteiger partial charge is 0.492 e. The lowest BCUT2D eigenvalue weighted by atomic mass is 10.3. The van der Waals surface area contributed by atoms with E-state index in [1.165, 1.54) is 0 Å². The maximum Gasteiger partial charge on any atom is 0.243 e. The van der Waals surface area contributed by atoms with Crippen LogP contribution in [-0.2, 0) is 4.79 Å². The van der Waals surface area contributed by atoms with Gasteiger partial charge in [0.25, 0.3) is 0 Å². The molecule has 0 radical (unpaired) electrons. The molecule has 0 spiro atoms. The minimum atomic E-state index is -0.165. The van der Waals surface area contributed by atoms with Crippen molar-refractivity contribution >= 4 is 28.9 Å². The fraction of sp³-hybridized carbons (Fsp3) is 0.188. The van der Waals surface area contributed by atoms with Crippen molar-refractivity contribution in [3.05, 3.63) is 53.6 Å². The van der Waals surface area contributed by atoms with Gasteiger partial charge in [0, 0.05) is 10.7 Å². The van der Waals surface area contributed by atoms with Crippen LogP contribution in [0.4, 0.5) is 11.4 Å². The molecule has 21 heavy (non-hydrogen) atoms. The Hall–Kier alpha value is -2.20. The summed E-state index contributed by atoms with van der Waals surface area (Å²) in [6.45, 7) is 2.58. The van der Waals surface area contributed by atoms with E-state index in [1.54, 1.807) is 18.2 Å². The quantitative estimate of drug-likeness (QED) is 0.853. The van der Waals surface area contributed by atoms with Crippen LogP contribution in [0.2, 0.25) is 5.02 Å². The van der Waals surface area contributed by atoms with Gasteiger partial charge in [-0.1, -0.05) is 29.8 Å². The first-order chi connectivity index (χ1) is 10.2. The molecule has 0 saturated heterocycles. The minimum Gasteiger partial charge on any atom is -0.492 e. The van der Waals surface area contributed by atoms with Gasteiger partial charge in [0.2, 0.25) is 5.91 Å². The number of hydrogen-bond acceptors (Lipinski definition) is 3. The fourth-order valence-electron chi connectivity index (χ4n) is 1.81. The second kappa shape index (κ2) is 7.55. The van der Waals surface area contributed by atoms with E-state index in [1.807, 2.05) is 37.3 Å². The summed E-state index contributed by atoms with van der Waals surface area (Å²) < 4.78 is 5.46. The molecule has 0 fully saturated rings. The molecule has 2 N–H and O–H groups in total.